The number of carbonyl (C=O) groups is 2. The molecule has 1 aliphatic rings. The molecule has 3 N–H and O–H groups in total. The molecule has 2 atom stereocenters. The molecule has 3 amide bonds. The number of hydrogen-bond acceptors (Lipinski definition) is 4. The van der Waals surface area contributed by atoms with Crippen LogP contribution in [0.15, 0.2) is 35.5 Å². The number of H-pyrrole nitrogens is 1. The third-order valence-corrected chi connectivity index (χ3v) is 6.07. The molecule has 1 fully saturated rings. The van der Waals surface area contributed by atoms with Crippen LogP contribution >= 0.6 is 11.8 Å². The monoisotopic (exact) mass is 400 g/mol. The first-order chi connectivity index (χ1) is 13.5. The van der Waals surface area contributed by atoms with E-state index in [1.807, 2.05) is 25.1 Å². The molecule has 1 aliphatic carbocycles. The number of imidazole rings is 1. The Morgan fingerprint density at radius 2 is 1.96 bits per heavy atom. The van der Waals surface area contributed by atoms with E-state index in [2.05, 4.69) is 39.7 Å². The molecular formula is C21H28N4O2S. The van der Waals surface area contributed by atoms with Gasteiger partial charge in [-0.15, -0.1) is 0 Å². The van der Waals surface area contributed by atoms with Crippen molar-refractivity contribution >= 4 is 23.7 Å². The van der Waals surface area contributed by atoms with Gasteiger partial charge >= 0.3 is 6.03 Å². The SMILES string of the molecule is Cc1[nH]c(SCC(=O)NC(=O)N[C@H]2CCCC[C@H]2C)nc1Cc1ccccc1. The second kappa shape index (κ2) is 9.78. The summed E-state index contributed by atoms with van der Waals surface area (Å²) in [5.74, 6) is 0.286. The van der Waals surface area contributed by atoms with Gasteiger partial charge in [0.2, 0.25) is 5.91 Å². The Labute approximate surface area is 170 Å². The first-order valence-corrected chi connectivity index (χ1v) is 10.8. The van der Waals surface area contributed by atoms with Gasteiger partial charge < -0.3 is 10.3 Å². The molecule has 150 valence electrons. The molecule has 7 heteroatoms. The van der Waals surface area contributed by atoms with Gasteiger partial charge in [-0.05, 0) is 31.2 Å². The van der Waals surface area contributed by atoms with Gasteiger partial charge in [0.1, 0.15) is 0 Å². The summed E-state index contributed by atoms with van der Waals surface area (Å²) in [5.41, 5.74) is 3.16. The molecule has 0 radical (unpaired) electrons. The predicted octanol–water partition coefficient (Wildman–Crippen LogP) is 3.81. The fourth-order valence-corrected chi connectivity index (χ4v) is 4.27. The first-order valence-electron chi connectivity index (χ1n) is 9.84. The minimum absolute atomic E-state index is 0.144. The van der Waals surface area contributed by atoms with E-state index < -0.39 is 6.03 Å². The van der Waals surface area contributed by atoms with Gasteiger partial charge in [-0.3, -0.25) is 10.1 Å². The van der Waals surface area contributed by atoms with Crippen LogP contribution in [-0.4, -0.2) is 33.7 Å². The van der Waals surface area contributed by atoms with E-state index in [0.717, 1.165) is 37.1 Å². The molecule has 1 heterocycles. The number of carbonyl (C=O) groups excluding carboxylic acids is 2. The van der Waals surface area contributed by atoms with Crippen LogP contribution in [-0.2, 0) is 11.2 Å². The van der Waals surface area contributed by atoms with Gasteiger partial charge in [-0.25, -0.2) is 9.78 Å². The third-order valence-electron chi connectivity index (χ3n) is 5.20. The Morgan fingerprint density at radius 3 is 2.71 bits per heavy atom. The molecule has 0 spiro atoms. The van der Waals surface area contributed by atoms with Crippen LogP contribution in [0.4, 0.5) is 4.79 Å². The van der Waals surface area contributed by atoms with Gasteiger partial charge in [0.05, 0.1) is 11.4 Å². The molecule has 1 aromatic heterocycles. The average molecular weight is 401 g/mol. The number of amides is 3. The van der Waals surface area contributed by atoms with E-state index in [0.29, 0.717) is 11.1 Å². The van der Waals surface area contributed by atoms with Crippen LogP contribution in [0.1, 0.15) is 49.6 Å². The lowest BCUT2D eigenvalue weighted by molar-refractivity contribution is -0.117. The van der Waals surface area contributed by atoms with Crippen molar-refractivity contribution in [2.45, 2.75) is 57.1 Å². The summed E-state index contributed by atoms with van der Waals surface area (Å²) in [7, 11) is 0. The lowest BCUT2D eigenvalue weighted by atomic mass is 9.86. The van der Waals surface area contributed by atoms with Crippen molar-refractivity contribution < 1.29 is 9.59 Å². The van der Waals surface area contributed by atoms with Crippen LogP contribution in [0.25, 0.3) is 0 Å². The zero-order valence-electron chi connectivity index (χ0n) is 16.5. The Morgan fingerprint density at radius 1 is 1.21 bits per heavy atom. The summed E-state index contributed by atoms with van der Waals surface area (Å²) in [6.07, 6.45) is 5.19. The van der Waals surface area contributed by atoms with Gasteiger partial charge in [0.15, 0.2) is 5.16 Å². The van der Waals surface area contributed by atoms with Crippen LogP contribution in [0.5, 0.6) is 0 Å². The van der Waals surface area contributed by atoms with E-state index in [1.54, 1.807) is 0 Å². The number of nitrogens with zero attached hydrogens (tertiary/aromatic N) is 1. The minimum atomic E-state index is -0.398. The summed E-state index contributed by atoms with van der Waals surface area (Å²) in [6, 6.07) is 9.91. The van der Waals surface area contributed by atoms with Crippen molar-refractivity contribution in [3.63, 3.8) is 0 Å². The Kier molecular flexibility index (Phi) is 7.14. The van der Waals surface area contributed by atoms with Gasteiger partial charge in [0.25, 0.3) is 0 Å². The maximum absolute atomic E-state index is 12.1. The Balaban J connectivity index is 1.45. The molecule has 28 heavy (non-hydrogen) atoms. The molecule has 6 nitrogen and oxygen atoms in total. The van der Waals surface area contributed by atoms with Crippen molar-refractivity contribution in [3.8, 4) is 0 Å². The molecule has 2 aromatic rings. The zero-order chi connectivity index (χ0) is 19.9. The fourth-order valence-electron chi connectivity index (χ4n) is 3.53. The van der Waals surface area contributed by atoms with Crippen molar-refractivity contribution in [2.24, 2.45) is 5.92 Å². The largest absolute Gasteiger partial charge is 0.337 e. The lowest BCUT2D eigenvalue weighted by Gasteiger charge is -2.29. The standard InChI is InChI=1S/C21H28N4O2S/c1-14-8-6-7-11-17(14)23-20(27)25-19(26)13-28-21-22-15(2)18(24-21)12-16-9-4-3-5-10-16/h3-5,9-10,14,17H,6-8,11-13H2,1-2H3,(H,22,24)(H2,23,25,26,27)/t14-,17+/m1/s1. The topological polar surface area (TPSA) is 86.9 Å². The van der Waals surface area contributed by atoms with E-state index in [4.69, 9.17) is 0 Å². The molecule has 1 saturated carbocycles. The number of nitrogens with one attached hydrogen (secondary N) is 3. The van der Waals surface area contributed by atoms with Crippen LogP contribution in [0.3, 0.4) is 0 Å². The fraction of sp³-hybridized carbons (Fsp3) is 0.476. The maximum Gasteiger partial charge on any atom is 0.321 e. The Bertz CT molecular complexity index is 806. The summed E-state index contributed by atoms with van der Waals surface area (Å²) in [5, 5.41) is 6.06. The zero-order valence-corrected chi connectivity index (χ0v) is 17.3. The molecule has 0 unspecified atom stereocenters. The highest BCUT2D eigenvalue weighted by Gasteiger charge is 2.23. The van der Waals surface area contributed by atoms with Crippen LogP contribution in [0, 0.1) is 12.8 Å². The number of urea groups is 1. The van der Waals surface area contributed by atoms with Crippen molar-refractivity contribution in [2.75, 3.05) is 5.75 Å². The highest BCUT2D eigenvalue weighted by molar-refractivity contribution is 7.99. The summed E-state index contributed by atoms with van der Waals surface area (Å²) < 4.78 is 0. The van der Waals surface area contributed by atoms with Crippen LogP contribution in [0.2, 0.25) is 0 Å². The molecule has 1 aromatic carbocycles. The molecule has 3 rings (SSSR count). The summed E-state index contributed by atoms with van der Waals surface area (Å²) >= 11 is 1.30. The number of hydrogen-bond donors (Lipinski definition) is 3. The number of benzene rings is 1. The maximum atomic E-state index is 12.1. The highest BCUT2D eigenvalue weighted by atomic mass is 32.2. The second-order valence-corrected chi connectivity index (χ2v) is 8.42. The van der Waals surface area contributed by atoms with E-state index >= 15 is 0 Å². The van der Waals surface area contributed by atoms with Gasteiger partial charge in [-0.2, -0.15) is 0 Å². The number of aromatic amines is 1. The predicted molar refractivity (Wildman–Crippen MR) is 111 cm³/mol. The normalized spacial score (nSPS) is 19.2. The molecular weight excluding hydrogens is 372 g/mol. The van der Waals surface area contributed by atoms with Gasteiger partial charge in [-0.1, -0.05) is 61.9 Å². The highest BCUT2D eigenvalue weighted by Crippen LogP contribution is 2.23. The first kappa shape index (κ1) is 20.5. The molecule has 0 saturated heterocycles. The smallest absolute Gasteiger partial charge is 0.321 e. The van der Waals surface area contributed by atoms with E-state index in [-0.39, 0.29) is 17.7 Å². The van der Waals surface area contributed by atoms with E-state index in [9.17, 15) is 9.59 Å². The summed E-state index contributed by atoms with van der Waals surface area (Å²) in [6.45, 7) is 4.13. The molecule has 0 bridgehead atoms. The quantitative estimate of drug-likeness (QED) is 0.644. The number of aromatic nitrogens is 2. The summed E-state index contributed by atoms with van der Waals surface area (Å²) in [4.78, 5) is 32.0. The number of rotatable bonds is 6. The second-order valence-electron chi connectivity index (χ2n) is 7.45. The van der Waals surface area contributed by atoms with Crippen LogP contribution < -0.4 is 10.6 Å². The van der Waals surface area contributed by atoms with Gasteiger partial charge in [0, 0.05) is 18.2 Å². The number of thioether (sulfide) groups is 1. The van der Waals surface area contributed by atoms with Crippen molar-refractivity contribution in [1.82, 2.24) is 20.6 Å². The number of imide groups is 1. The lowest BCUT2D eigenvalue weighted by Crippen LogP contribution is -2.48. The average Bonchev–Trinajstić information content (AvgIpc) is 3.02. The third kappa shape index (κ3) is 5.86. The van der Waals surface area contributed by atoms with Crippen molar-refractivity contribution in [1.29, 1.82) is 0 Å². The minimum Gasteiger partial charge on any atom is -0.337 e. The number of aryl methyl sites for hydroxylation is 1. The van der Waals surface area contributed by atoms with E-state index in [1.165, 1.54) is 23.7 Å². The Hall–Kier alpha value is -2.28. The van der Waals surface area contributed by atoms with Crippen molar-refractivity contribution in [3.05, 3.63) is 47.3 Å². The molecule has 0 aliphatic heterocycles.